The molecule has 14 heavy (non-hydrogen) atoms. The molecule has 1 unspecified atom stereocenters. The maximum atomic E-state index is 11.6. The summed E-state index contributed by atoms with van der Waals surface area (Å²) in [6.07, 6.45) is 0.0254. The fraction of sp³-hybridized carbons (Fsp3) is 0.300. The second-order valence-electron chi connectivity index (χ2n) is 3.29. The molecule has 4 heteroatoms. The van der Waals surface area contributed by atoms with Crippen LogP contribution in [0.3, 0.4) is 0 Å². The molecule has 0 saturated heterocycles. The summed E-state index contributed by atoms with van der Waals surface area (Å²) in [6.45, 7) is 0.520. The van der Waals surface area contributed by atoms with Gasteiger partial charge in [-0.1, -0.05) is 22.0 Å². The van der Waals surface area contributed by atoms with Crippen LogP contribution in [0.4, 0.5) is 0 Å². The minimum atomic E-state index is -0.544. The first kappa shape index (κ1) is 9.68. The number of amides is 1. The average molecular weight is 256 g/mol. The van der Waals surface area contributed by atoms with E-state index >= 15 is 0 Å². The highest BCUT2D eigenvalue weighted by atomic mass is 79.9. The van der Waals surface area contributed by atoms with Crippen molar-refractivity contribution in [3.05, 3.63) is 33.8 Å². The van der Waals surface area contributed by atoms with Crippen molar-refractivity contribution < 1.29 is 9.90 Å². The lowest BCUT2D eigenvalue weighted by atomic mass is 10.0. The van der Waals surface area contributed by atoms with Crippen LogP contribution in [0.2, 0.25) is 0 Å². The molecule has 1 aliphatic heterocycles. The van der Waals surface area contributed by atoms with Gasteiger partial charge in [-0.2, -0.15) is 0 Å². The molecule has 1 aliphatic rings. The molecule has 1 aromatic carbocycles. The molecule has 0 saturated carbocycles. The summed E-state index contributed by atoms with van der Waals surface area (Å²) in [4.78, 5) is 11.6. The number of halogens is 1. The van der Waals surface area contributed by atoms with Gasteiger partial charge in [0.2, 0.25) is 0 Å². The van der Waals surface area contributed by atoms with Crippen LogP contribution in [-0.4, -0.2) is 17.6 Å². The van der Waals surface area contributed by atoms with Gasteiger partial charge in [0, 0.05) is 16.6 Å². The zero-order valence-corrected chi connectivity index (χ0v) is 9.04. The standard InChI is InChI=1S/C10H10BrNO2/c11-6-1-2-7-8(5-6)10(14)12-4-3-9(7)13/h1-2,5,9,13H,3-4H2,(H,12,14). The largest absolute Gasteiger partial charge is 0.388 e. The highest BCUT2D eigenvalue weighted by Crippen LogP contribution is 2.25. The Kier molecular flexibility index (Phi) is 2.56. The van der Waals surface area contributed by atoms with Gasteiger partial charge in [-0.3, -0.25) is 4.79 Å². The topological polar surface area (TPSA) is 49.3 Å². The molecule has 0 fully saturated rings. The van der Waals surface area contributed by atoms with E-state index in [9.17, 15) is 9.90 Å². The zero-order valence-electron chi connectivity index (χ0n) is 7.46. The monoisotopic (exact) mass is 255 g/mol. The van der Waals surface area contributed by atoms with Crippen LogP contribution in [0.5, 0.6) is 0 Å². The summed E-state index contributed by atoms with van der Waals surface area (Å²) >= 11 is 3.30. The Hall–Kier alpha value is -0.870. The molecule has 1 aromatic rings. The Morgan fingerprint density at radius 1 is 1.50 bits per heavy atom. The average Bonchev–Trinajstić information content (AvgIpc) is 2.28. The predicted octanol–water partition coefficient (Wildman–Crippen LogP) is 1.62. The minimum absolute atomic E-state index is 0.113. The van der Waals surface area contributed by atoms with Crippen LogP contribution in [0.1, 0.15) is 28.4 Å². The number of hydrogen-bond acceptors (Lipinski definition) is 2. The Morgan fingerprint density at radius 3 is 3.07 bits per heavy atom. The summed E-state index contributed by atoms with van der Waals surface area (Å²) in [7, 11) is 0. The van der Waals surface area contributed by atoms with E-state index in [-0.39, 0.29) is 5.91 Å². The Morgan fingerprint density at radius 2 is 2.29 bits per heavy atom. The summed E-state index contributed by atoms with van der Waals surface area (Å²) in [6, 6.07) is 5.36. The Bertz CT molecular complexity index is 378. The molecule has 3 nitrogen and oxygen atoms in total. The maximum Gasteiger partial charge on any atom is 0.251 e. The molecule has 0 aromatic heterocycles. The van der Waals surface area contributed by atoms with Crippen molar-refractivity contribution in [1.82, 2.24) is 5.32 Å². The van der Waals surface area contributed by atoms with Crippen molar-refractivity contribution in [3.8, 4) is 0 Å². The number of aliphatic hydroxyl groups excluding tert-OH is 1. The lowest BCUT2D eigenvalue weighted by Gasteiger charge is -2.09. The third kappa shape index (κ3) is 1.67. The van der Waals surface area contributed by atoms with E-state index in [1.807, 2.05) is 6.07 Å². The second-order valence-corrected chi connectivity index (χ2v) is 4.21. The van der Waals surface area contributed by atoms with Crippen molar-refractivity contribution in [1.29, 1.82) is 0 Å². The molecule has 2 N–H and O–H groups in total. The first-order valence-corrected chi connectivity index (χ1v) is 5.23. The van der Waals surface area contributed by atoms with Gasteiger partial charge >= 0.3 is 0 Å². The van der Waals surface area contributed by atoms with Gasteiger partial charge < -0.3 is 10.4 Å². The Balaban J connectivity index is 2.54. The molecule has 0 bridgehead atoms. The van der Waals surface area contributed by atoms with Crippen LogP contribution in [0, 0.1) is 0 Å². The molecule has 0 radical (unpaired) electrons. The lowest BCUT2D eigenvalue weighted by Crippen LogP contribution is -2.22. The summed E-state index contributed by atoms with van der Waals surface area (Å²) in [5.41, 5.74) is 1.27. The van der Waals surface area contributed by atoms with E-state index in [4.69, 9.17) is 0 Å². The molecule has 0 aliphatic carbocycles. The zero-order chi connectivity index (χ0) is 10.1. The molecule has 2 rings (SSSR count). The third-order valence-electron chi connectivity index (χ3n) is 2.32. The van der Waals surface area contributed by atoms with Gasteiger partial charge in [0.25, 0.3) is 5.91 Å². The van der Waals surface area contributed by atoms with Crippen LogP contribution in [0.25, 0.3) is 0 Å². The second kappa shape index (κ2) is 3.71. The van der Waals surface area contributed by atoms with Gasteiger partial charge in [-0.25, -0.2) is 0 Å². The van der Waals surface area contributed by atoms with Crippen molar-refractivity contribution >= 4 is 21.8 Å². The van der Waals surface area contributed by atoms with Gasteiger partial charge in [-0.05, 0) is 24.1 Å². The number of nitrogens with one attached hydrogen (secondary N) is 1. The fourth-order valence-electron chi connectivity index (χ4n) is 1.59. The van der Waals surface area contributed by atoms with Crippen LogP contribution in [-0.2, 0) is 0 Å². The molecule has 1 amide bonds. The van der Waals surface area contributed by atoms with Crippen LogP contribution in [0.15, 0.2) is 22.7 Å². The number of aliphatic hydroxyl groups is 1. The third-order valence-corrected chi connectivity index (χ3v) is 2.82. The number of carbonyl (C=O) groups excluding carboxylic acids is 1. The van der Waals surface area contributed by atoms with Gasteiger partial charge in [0.15, 0.2) is 0 Å². The molecule has 74 valence electrons. The van der Waals surface area contributed by atoms with Crippen molar-refractivity contribution in [3.63, 3.8) is 0 Å². The van der Waals surface area contributed by atoms with Gasteiger partial charge in [0.05, 0.1) is 6.10 Å². The first-order chi connectivity index (χ1) is 6.68. The van der Waals surface area contributed by atoms with E-state index < -0.39 is 6.10 Å². The molecule has 0 spiro atoms. The number of hydrogen-bond donors (Lipinski definition) is 2. The van der Waals surface area contributed by atoms with Crippen LogP contribution >= 0.6 is 15.9 Å². The highest BCUT2D eigenvalue weighted by Gasteiger charge is 2.21. The maximum absolute atomic E-state index is 11.6. The molecular weight excluding hydrogens is 246 g/mol. The van der Waals surface area contributed by atoms with E-state index in [1.54, 1.807) is 12.1 Å². The van der Waals surface area contributed by atoms with Crippen molar-refractivity contribution in [2.75, 3.05) is 6.54 Å². The lowest BCUT2D eigenvalue weighted by molar-refractivity contribution is 0.0955. The van der Waals surface area contributed by atoms with Crippen molar-refractivity contribution in [2.24, 2.45) is 0 Å². The Labute approximate surface area is 90.3 Å². The molecule has 1 atom stereocenters. The van der Waals surface area contributed by atoms with Crippen molar-refractivity contribution in [2.45, 2.75) is 12.5 Å². The van der Waals surface area contributed by atoms with E-state index in [2.05, 4.69) is 21.2 Å². The SMILES string of the molecule is O=C1NCCC(O)c2ccc(Br)cc21. The summed E-state index contributed by atoms with van der Waals surface area (Å²) < 4.78 is 0.848. The minimum Gasteiger partial charge on any atom is -0.388 e. The smallest absolute Gasteiger partial charge is 0.251 e. The molecular formula is C10H10BrNO2. The number of benzene rings is 1. The highest BCUT2D eigenvalue weighted by molar-refractivity contribution is 9.10. The number of carbonyl (C=O) groups is 1. The predicted molar refractivity (Wildman–Crippen MR) is 56.1 cm³/mol. The van der Waals surface area contributed by atoms with Gasteiger partial charge in [-0.15, -0.1) is 0 Å². The van der Waals surface area contributed by atoms with Crippen LogP contribution < -0.4 is 5.32 Å². The van der Waals surface area contributed by atoms with E-state index in [0.717, 1.165) is 4.47 Å². The summed E-state index contributed by atoms with van der Waals surface area (Å²) in [5, 5.41) is 12.5. The first-order valence-electron chi connectivity index (χ1n) is 4.44. The van der Waals surface area contributed by atoms with E-state index in [0.29, 0.717) is 24.1 Å². The number of rotatable bonds is 0. The fourth-order valence-corrected chi connectivity index (χ4v) is 1.95. The van der Waals surface area contributed by atoms with Gasteiger partial charge in [0.1, 0.15) is 0 Å². The normalized spacial score (nSPS) is 21.0. The quantitative estimate of drug-likeness (QED) is 0.741. The summed E-state index contributed by atoms with van der Waals surface area (Å²) in [5.74, 6) is -0.113. The molecule has 1 heterocycles. The van der Waals surface area contributed by atoms with E-state index in [1.165, 1.54) is 0 Å². The number of fused-ring (bicyclic) bond motifs is 1.